The van der Waals surface area contributed by atoms with E-state index in [0.717, 1.165) is 45.0 Å². The van der Waals surface area contributed by atoms with E-state index in [1.807, 2.05) is 0 Å². The number of likely N-dealkylation sites (N-methyl/N-ethyl adjacent to an activating group) is 1. The van der Waals surface area contributed by atoms with Crippen LogP contribution in [0.1, 0.15) is 33.3 Å². The van der Waals surface area contributed by atoms with Crippen LogP contribution in [-0.4, -0.2) is 118 Å². The Morgan fingerprint density at radius 1 is 0.641 bits per heavy atom. The van der Waals surface area contributed by atoms with Gasteiger partial charge >= 0.3 is 5.97 Å². The van der Waals surface area contributed by atoms with E-state index in [9.17, 15) is 14.7 Å². The fourth-order valence-corrected chi connectivity index (χ4v) is 8.71. The highest BCUT2D eigenvalue weighted by atomic mass is 35.5. The number of aromatic nitrogens is 6. The predicted molar refractivity (Wildman–Crippen MR) is 247 cm³/mol. The highest BCUT2D eigenvalue weighted by Crippen LogP contribution is 2.49. The van der Waals surface area contributed by atoms with Crippen LogP contribution in [0, 0.1) is 0 Å². The molecule has 1 fully saturated rings. The summed E-state index contributed by atoms with van der Waals surface area (Å²) in [5.74, 6) is 0.434. The molecule has 8 rings (SSSR count). The van der Waals surface area contributed by atoms with Crippen molar-refractivity contribution >= 4 is 86.3 Å². The van der Waals surface area contributed by atoms with E-state index in [1.54, 1.807) is 42.7 Å². The number of carboxylic acids is 1. The molecule has 332 valence electrons. The number of benzene rings is 4. The fourth-order valence-electron chi connectivity index (χ4n) is 7.30. The number of imidazole rings is 1. The van der Waals surface area contributed by atoms with Gasteiger partial charge in [0.15, 0.2) is 0 Å². The molecule has 1 saturated heterocycles. The second-order valence-corrected chi connectivity index (χ2v) is 15.6. The summed E-state index contributed by atoms with van der Waals surface area (Å²) in [6.07, 6.45) is 7.72. The van der Waals surface area contributed by atoms with E-state index in [2.05, 4.69) is 51.9 Å². The maximum Gasteiger partial charge on any atom is 0.337 e. The number of H-pyrrole nitrogens is 1. The number of carbonyl (C=O) groups is 2. The van der Waals surface area contributed by atoms with Gasteiger partial charge in [-0.25, -0.2) is 9.78 Å². The van der Waals surface area contributed by atoms with Crippen LogP contribution in [0.4, 0.5) is 5.95 Å². The Balaban J connectivity index is 0.000000211. The maximum atomic E-state index is 13.3. The number of carboxylic acid groups (broad SMARTS) is 1. The standard InChI is InChI=1S/C27H29Cl2N7O3.C17H12Cl2N2O4/c1-4-35-9-11-36(12-10-35)15-16-14-32-27(33-16)34-26(37)18-6-5-17(24-25(18)31-8-7-30-24)21-22(28)19(38-2)13-20(39-3)23(21)29;1-24-10-7-11(25-2)14(19)12(13(10)18)8-3-4-9(17(22)23)16-15(8)20-5-6-21-16/h5-8,13-14H,4,9-12,15H2,1-3H3,(H2,32,33,34,37);3-7H,1-2H3,(H,22,23). The molecule has 4 aromatic carbocycles. The van der Waals surface area contributed by atoms with Gasteiger partial charge in [-0.1, -0.05) is 65.5 Å². The van der Waals surface area contributed by atoms with Crippen LogP contribution in [-0.2, 0) is 6.54 Å². The van der Waals surface area contributed by atoms with Gasteiger partial charge in [0.1, 0.15) is 34.0 Å². The summed E-state index contributed by atoms with van der Waals surface area (Å²) in [6, 6.07) is 9.62. The predicted octanol–water partition coefficient (Wildman–Crippen LogP) is 9.05. The summed E-state index contributed by atoms with van der Waals surface area (Å²) in [7, 11) is 5.97. The maximum absolute atomic E-state index is 13.3. The highest BCUT2D eigenvalue weighted by Gasteiger charge is 2.25. The molecule has 1 aliphatic heterocycles. The van der Waals surface area contributed by atoms with E-state index in [0.29, 0.717) is 83.4 Å². The van der Waals surface area contributed by atoms with E-state index in [1.165, 1.54) is 53.1 Å². The minimum Gasteiger partial charge on any atom is -0.495 e. The Kier molecular flexibility index (Phi) is 14.5. The fraction of sp³-hybridized carbons (Fsp3) is 0.250. The van der Waals surface area contributed by atoms with Crippen LogP contribution < -0.4 is 24.3 Å². The number of nitrogens with zero attached hydrogens (tertiary/aromatic N) is 7. The molecular formula is C44H41Cl4N9O7. The number of methoxy groups -OCH3 is 4. The molecule has 0 aliphatic carbocycles. The number of hydrogen-bond donors (Lipinski definition) is 3. The van der Waals surface area contributed by atoms with Crippen LogP contribution >= 0.6 is 46.4 Å². The normalized spacial score (nSPS) is 13.0. The largest absolute Gasteiger partial charge is 0.495 e. The first-order valence-corrected chi connectivity index (χ1v) is 21.1. The molecule has 16 nitrogen and oxygen atoms in total. The Hall–Kier alpha value is -6.01. The second kappa shape index (κ2) is 20.2. The van der Waals surface area contributed by atoms with Crippen LogP contribution in [0.3, 0.4) is 0 Å². The van der Waals surface area contributed by atoms with E-state index in [-0.39, 0.29) is 27.0 Å². The van der Waals surface area contributed by atoms with Crippen LogP contribution in [0.2, 0.25) is 20.1 Å². The molecule has 7 aromatic rings. The zero-order chi connectivity index (χ0) is 45.7. The molecule has 20 heteroatoms. The van der Waals surface area contributed by atoms with Crippen LogP contribution in [0.25, 0.3) is 44.3 Å². The first-order valence-electron chi connectivity index (χ1n) is 19.6. The number of halogens is 4. The van der Waals surface area contributed by atoms with Crippen molar-refractivity contribution in [3.05, 3.63) is 104 Å². The first-order chi connectivity index (χ1) is 30.9. The van der Waals surface area contributed by atoms with Gasteiger partial charge < -0.3 is 33.9 Å². The van der Waals surface area contributed by atoms with Crippen LogP contribution in [0.5, 0.6) is 23.0 Å². The molecular weight excluding hydrogens is 908 g/mol. The molecule has 1 aliphatic rings. The monoisotopic (exact) mass is 947 g/mol. The number of rotatable bonds is 12. The molecule has 0 unspecified atom stereocenters. The summed E-state index contributed by atoms with van der Waals surface area (Å²) in [5.41, 5.74) is 4.77. The van der Waals surface area contributed by atoms with Gasteiger partial charge in [-0.05, 0) is 18.7 Å². The van der Waals surface area contributed by atoms with Crippen molar-refractivity contribution in [1.82, 2.24) is 39.7 Å². The minimum atomic E-state index is -1.10. The molecule has 4 heterocycles. The van der Waals surface area contributed by atoms with Gasteiger partial charge in [-0.15, -0.1) is 0 Å². The molecule has 0 spiro atoms. The van der Waals surface area contributed by atoms with Crippen molar-refractivity contribution in [2.75, 3.05) is 66.5 Å². The van der Waals surface area contributed by atoms with Gasteiger partial charge in [-0.3, -0.25) is 34.9 Å². The van der Waals surface area contributed by atoms with Crippen molar-refractivity contribution in [3.8, 4) is 45.3 Å². The lowest BCUT2D eigenvalue weighted by atomic mass is 9.99. The number of anilines is 1. The zero-order valence-electron chi connectivity index (χ0n) is 35.1. The lowest BCUT2D eigenvalue weighted by Gasteiger charge is -2.33. The molecule has 0 radical (unpaired) electrons. The molecule has 0 saturated carbocycles. The Morgan fingerprint density at radius 2 is 1.06 bits per heavy atom. The highest BCUT2D eigenvalue weighted by molar-refractivity contribution is 6.42. The van der Waals surface area contributed by atoms with Crippen molar-refractivity contribution in [1.29, 1.82) is 0 Å². The van der Waals surface area contributed by atoms with E-state index in [4.69, 9.17) is 65.4 Å². The summed E-state index contributed by atoms with van der Waals surface area (Å²) >= 11 is 26.2. The number of aromatic carboxylic acids is 1. The van der Waals surface area contributed by atoms with E-state index >= 15 is 0 Å². The average Bonchev–Trinajstić information content (AvgIpc) is 3.75. The molecule has 0 atom stereocenters. The van der Waals surface area contributed by atoms with Gasteiger partial charge in [0.25, 0.3) is 5.91 Å². The summed E-state index contributed by atoms with van der Waals surface area (Å²) < 4.78 is 21.4. The van der Waals surface area contributed by atoms with Gasteiger partial charge in [0, 0.05) is 91.9 Å². The third-order valence-corrected chi connectivity index (χ3v) is 12.1. The van der Waals surface area contributed by atoms with Gasteiger partial charge in [0.2, 0.25) is 5.95 Å². The smallest absolute Gasteiger partial charge is 0.337 e. The topological polar surface area (TPSA) is 190 Å². The number of carbonyl (C=O) groups excluding carboxylic acids is 1. The third kappa shape index (κ3) is 9.29. The zero-order valence-corrected chi connectivity index (χ0v) is 38.2. The SMILES string of the molecule is CCN1CCN(Cc2cnc(NC(=O)c3ccc(-c4c(Cl)c(OC)cc(OC)c4Cl)c4nccnc34)[nH]2)CC1.COc1cc(OC)c(Cl)c(-c2ccc(C(=O)O)c3nccnc23)c1Cl. The first kappa shape index (κ1) is 46.0. The minimum absolute atomic E-state index is 0.0361. The number of piperazine rings is 1. The third-order valence-electron chi connectivity index (χ3n) is 10.6. The van der Waals surface area contributed by atoms with E-state index < -0.39 is 5.97 Å². The average molecular weight is 950 g/mol. The summed E-state index contributed by atoms with van der Waals surface area (Å²) in [6.45, 7) is 8.10. The molecule has 0 bridgehead atoms. The Labute approximate surface area is 387 Å². The van der Waals surface area contributed by atoms with Crippen molar-refractivity contribution in [3.63, 3.8) is 0 Å². The van der Waals surface area contributed by atoms with Crippen LogP contribution in [0.15, 0.2) is 67.4 Å². The number of hydrogen-bond acceptors (Lipinski definition) is 13. The van der Waals surface area contributed by atoms with Crippen molar-refractivity contribution in [2.24, 2.45) is 0 Å². The van der Waals surface area contributed by atoms with Gasteiger partial charge in [0.05, 0.1) is 82.6 Å². The number of amides is 1. The lowest BCUT2D eigenvalue weighted by Crippen LogP contribution is -2.45. The summed E-state index contributed by atoms with van der Waals surface area (Å²) in [4.78, 5) is 54.5. The molecule has 3 aromatic heterocycles. The second-order valence-electron chi connectivity index (χ2n) is 14.1. The number of fused-ring (bicyclic) bond motifs is 2. The van der Waals surface area contributed by atoms with Crippen molar-refractivity contribution < 1.29 is 33.6 Å². The Morgan fingerprint density at radius 3 is 1.50 bits per heavy atom. The molecule has 3 N–H and O–H groups in total. The summed E-state index contributed by atoms with van der Waals surface area (Å²) in [5, 5.41) is 13.3. The number of nitrogens with one attached hydrogen (secondary N) is 2. The lowest BCUT2D eigenvalue weighted by molar-refractivity contribution is 0.0698. The quantitative estimate of drug-likeness (QED) is 0.105. The van der Waals surface area contributed by atoms with Crippen molar-refractivity contribution in [2.45, 2.75) is 13.5 Å². The molecule has 64 heavy (non-hydrogen) atoms. The number of ether oxygens (including phenoxy) is 4. The van der Waals surface area contributed by atoms with Gasteiger partial charge in [-0.2, -0.15) is 0 Å². The Bertz CT molecular complexity index is 2820. The molecule has 1 amide bonds. The number of aromatic amines is 1.